The highest BCUT2D eigenvalue weighted by Gasteiger charge is 2.60. The minimum atomic E-state index is -4.27. The Balaban J connectivity index is 1.30. The summed E-state index contributed by atoms with van der Waals surface area (Å²) in [5.41, 5.74) is -0.304. The van der Waals surface area contributed by atoms with Gasteiger partial charge in [0.2, 0.25) is 0 Å². The van der Waals surface area contributed by atoms with Crippen molar-refractivity contribution in [3.05, 3.63) is 58.6 Å². The van der Waals surface area contributed by atoms with Gasteiger partial charge in [0.25, 0.3) is 0 Å². The van der Waals surface area contributed by atoms with Crippen LogP contribution in [-0.2, 0) is 19.3 Å². The number of piperazine rings is 1. The minimum Gasteiger partial charge on any atom is -0.490 e. The molecule has 3 fully saturated rings. The summed E-state index contributed by atoms with van der Waals surface area (Å²) in [6, 6.07) is 7.48. The number of fused-ring (bicyclic) bond motifs is 5. The van der Waals surface area contributed by atoms with E-state index in [0.29, 0.717) is 24.7 Å². The van der Waals surface area contributed by atoms with E-state index >= 15 is 4.39 Å². The van der Waals surface area contributed by atoms with Gasteiger partial charge in [0, 0.05) is 42.7 Å². The van der Waals surface area contributed by atoms with Gasteiger partial charge in [0.1, 0.15) is 16.7 Å². The first-order valence-electron chi connectivity index (χ1n) is 13.6. The van der Waals surface area contributed by atoms with Gasteiger partial charge in [-0.05, 0) is 68.5 Å². The molecular formula is C28H31ClF2N2O6S. The molecule has 6 rings (SSSR count). The van der Waals surface area contributed by atoms with Crippen LogP contribution in [0, 0.1) is 17.6 Å². The molecule has 0 aromatic heterocycles. The molecule has 12 heteroatoms. The van der Waals surface area contributed by atoms with Gasteiger partial charge in [0.15, 0.2) is 21.4 Å². The molecule has 4 aliphatic rings. The van der Waals surface area contributed by atoms with Crippen LogP contribution in [-0.4, -0.2) is 80.5 Å². The van der Waals surface area contributed by atoms with E-state index in [1.165, 1.54) is 24.3 Å². The summed E-state index contributed by atoms with van der Waals surface area (Å²) in [6.45, 7) is 1.78. The zero-order valence-corrected chi connectivity index (χ0v) is 23.3. The first-order valence-corrected chi connectivity index (χ1v) is 15.5. The lowest BCUT2D eigenvalue weighted by Gasteiger charge is -2.49. The van der Waals surface area contributed by atoms with Crippen molar-refractivity contribution in [1.82, 2.24) is 9.80 Å². The molecule has 1 N–H and O–H groups in total. The van der Waals surface area contributed by atoms with E-state index in [1.54, 1.807) is 4.90 Å². The number of sulfone groups is 1. The molecule has 3 heterocycles. The second kappa shape index (κ2) is 10.4. The Labute approximate surface area is 236 Å². The van der Waals surface area contributed by atoms with Crippen LogP contribution in [0.5, 0.6) is 5.75 Å². The summed E-state index contributed by atoms with van der Waals surface area (Å²) in [5.74, 6) is -2.86. The third kappa shape index (κ3) is 4.36. The number of amides is 1. The van der Waals surface area contributed by atoms with Crippen molar-refractivity contribution < 1.29 is 36.6 Å². The van der Waals surface area contributed by atoms with E-state index in [1.807, 2.05) is 0 Å². The Morgan fingerprint density at radius 3 is 2.42 bits per heavy atom. The molecule has 40 heavy (non-hydrogen) atoms. The topological polar surface area (TPSA) is 96.4 Å². The molecule has 216 valence electrons. The molecule has 2 unspecified atom stereocenters. The maximum Gasteiger partial charge on any atom is 0.410 e. The fourth-order valence-corrected chi connectivity index (χ4v) is 9.71. The third-order valence-electron chi connectivity index (χ3n) is 9.01. The minimum absolute atomic E-state index is 0.00674. The highest BCUT2D eigenvalue weighted by molar-refractivity contribution is 7.92. The van der Waals surface area contributed by atoms with Gasteiger partial charge < -0.3 is 14.6 Å². The molecule has 1 saturated carbocycles. The quantitative estimate of drug-likeness (QED) is 0.555. The Morgan fingerprint density at radius 1 is 1.07 bits per heavy atom. The van der Waals surface area contributed by atoms with Crippen LogP contribution in [0.4, 0.5) is 13.6 Å². The lowest BCUT2D eigenvalue weighted by molar-refractivity contribution is -0.0132. The molecule has 1 amide bonds. The maximum atomic E-state index is 15.5. The van der Waals surface area contributed by atoms with E-state index in [2.05, 4.69) is 4.90 Å². The van der Waals surface area contributed by atoms with Crippen LogP contribution < -0.4 is 4.74 Å². The lowest BCUT2D eigenvalue weighted by atomic mass is 9.72. The zero-order chi connectivity index (χ0) is 28.2. The number of aliphatic hydroxyl groups excluding tert-OH is 1. The molecule has 2 aromatic carbocycles. The van der Waals surface area contributed by atoms with Crippen LogP contribution >= 0.6 is 11.6 Å². The average Bonchev–Trinajstić information content (AvgIpc) is 3.21. The van der Waals surface area contributed by atoms with E-state index in [-0.39, 0.29) is 60.8 Å². The SMILES string of the molecule is O=C(O[C@H]1CC[C@@]2(S(=O)(=O)c3ccc(Cl)cc3)c3c(F)ccc(F)c3OC[C@@H]2C1)N1C2CCC1CN(CCO)C2. The number of halogens is 3. The first kappa shape index (κ1) is 27.7. The van der Waals surface area contributed by atoms with Gasteiger partial charge in [-0.15, -0.1) is 0 Å². The van der Waals surface area contributed by atoms with Crippen molar-refractivity contribution >= 4 is 27.5 Å². The molecule has 0 spiro atoms. The van der Waals surface area contributed by atoms with Gasteiger partial charge in [-0.25, -0.2) is 22.0 Å². The number of ether oxygens (including phenoxy) is 2. The monoisotopic (exact) mass is 596 g/mol. The Hall–Kier alpha value is -2.47. The number of nitrogens with zero attached hydrogens (tertiary/aromatic N) is 2. The van der Waals surface area contributed by atoms with Crippen LogP contribution in [0.25, 0.3) is 0 Å². The van der Waals surface area contributed by atoms with Crippen molar-refractivity contribution in [2.75, 3.05) is 32.8 Å². The Morgan fingerprint density at radius 2 is 1.75 bits per heavy atom. The number of hydrogen-bond donors (Lipinski definition) is 1. The van der Waals surface area contributed by atoms with Crippen molar-refractivity contribution in [3.63, 3.8) is 0 Å². The summed E-state index contributed by atoms with van der Waals surface area (Å²) in [6.07, 6.45) is 0.859. The van der Waals surface area contributed by atoms with Gasteiger partial charge in [0.05, 0.1) is 23.7 Å². The average molecular weight is 597 g/mol. The first-order chi connectivity index (χ1) is 19.2. The molecule has 3 aliphatic heterocycles. The normalized spacial score (nSPS) is 29.9. The van der Waals surface area contributed by atoms with Crippen molar-refractivity contribution in [2.24, 2.45) is 5.92 Å². The lowest BCUT2D eigenvalue weighted by Crippen LogP contribution is -2.57. The van der Waals surface area contributed by atoms with Crippen molar-refractivity contribution in [3.8, 4) is 5.75 Å². The predicted molar refractivity (Wildman–Crippen MR) is 142 cm³/mol. The number of aliphatic hydroxyl groups is 1. The largest absolute Gasteiger partial charge is 0.490 e. The number of carbonyl (C=O) groups excluding carboxylic acids is 1. The number of rotatable bonds is 5. The summed E-state index contributed by atoms with van der Waals surface area (Å²) in [4.78, 5) is 17.2. The maximum absolute atomic E-state index is 15.5. The predicted octanol–water partition coefficient (Wildman–Crippen LogP) is 4.13. The van der Waals surface area contributed by atoms with Crippen LogP contribution in [0.3, 0.4) is 0 Å². The van der Waals surface area contributed by atoms with Crippen molar-refractivity contribution in [2.45, 2.75) is 59.9 Å². The fraction of sp³-hybridized carbons (Fsp3) is 0.536. The Bertz CT molecular complexity index is 1400. The van der Waals surface area contributed by atoms with Crippen LogP contribution in [0.2, 0.25) is 5.02 Å². The van der Waals surface area contributed by atoms with Crippen LogP contribution in [0.15, 0.2) is 41.3 Å². The zero-order valence-electron chi connectivity index (χ0n) is 21.8. The number of benzene rings is 2. The van der Waals surface area contributed by atoms with Gasteiger partial charge >= 0.3 is 6.09 Å². The molecule has 1 aliphatic carbocycles. The molecule has 2 aromatic rings. The second-order valence-corrected chi connectivity index (χ2v) is 13.8. The Kier molecular flexibility index (Phi) is 7.21. The molecule has 8 nitrogen and oxygen atoms in total. The van der Waals surface area contributed by atoms with E-state index < -0.39 is 44.3 Å². The van der Waals surface area contributed by atoms with Crippen molar-refractivity contribution in [1.29, 1.82) is 0 Å². The van der Waals surface area contributed by atoms with E-state index in [0.717, 1.165) is 25.0 Å². The summed E-state index contributed by atoms with van der Waals surface area (Å²) >= 11 is 6.00. The molecule has 2 saturated heterocycles. The van der Waals surface area contributed by atoms with Gasteiger partial charge in [-0.2, -0.15) is 0 Å². The number of hydrogen-bond acceptors (Lipinski definition) is 7. The molecule has 5 atom stereocenters. The highest BCUT2D eigenvalue weighted by Crippen LogP contribution is 2.57. The molecule has 2 bridgehead atoms. The number of carbonyl (C=O) groups is 1. The molecular weight excluding hydrogens is 566 g/mol. The van der Waals surface area contributed by atoms with Gasteiger partial charge in [-0.1, -0.05) is 11.6 Å². The summed E-state index contributed by atoms with van der Waals surface area (Å²) in [5, 5.41) is 9.65. The number of β-amino-alcohol motifs (C(OH)–C–C–N with tert-alkyl or cyclic N) is 1. The van der Waals surface area contributed by atoms with Crippen LogP contribution in [0.1, 0.15) is 37.7 Å². The van der Waals surface area contributed by atoms with Gasteiger partial charge in [-0.3, -0.25) is 9.80 Å². The smallest absolute Gasteiger partial charge is 0.410 e. The molecule has 0 radical (unpaired) electrons. The second-order valence-electron chi connectivity index (χ2n) is 11.1. The summed E-state index contributed by atoms with van der Waals surface area (Å²) < 4.78 is 68.7. The summed E-state index contributed by atoms with van der Waals surface area (Å²) in [7, 11) is -4.27. The third-order valence-corrected chi connectivity index (χ3v) is 11.9. The number of likely N-dealkylation sites (tertiary alicyclic amines) is 1. The standard InChI is InChI=1S/C28H31ClF2N2O6S/c29-18-1-5-22(6-2-18)40(36,37)28-10-9-21(13-17(28)16-38-26-24(31)8-7-23(30)25(26)28)39-27(35)33-19-3-4-20(33)15-32(14-19)11-12-34/h1-2,5-8,17,19-21,34H,3-4,9-16H2/t17-,19?,20?,21-,28-/m0/s1. The highest BCUT2D eigenvalue weighted by atomic mass is 35.5. The van der Waals surface area contributed by atoms with E-state index in [4.69, 9.17) is 21.1 Å². The fourth-order valence-electron chi connectivity index (χ4n) is 7.22. The van der Waals surface area contributed by atoms with E-state index in [9.17, 15) is 22.7 Å².